The van der Waals surface area contributed by atoms with Gasteiger partial charge in [0.25, 0.3) is 0 Å². The third kappa shape index (κ3) is 19.9. The molecule has 0 radical (unpaired) electrons. The van der Waals surface area contributed by atoms with Crippen LogP contribution in [0.2, 0.25) is 0 Å². The van der Waals surface area contributed by atoms with E-state index in [0.717, 1.165) is 25.7 Å². The van der Waals surface area contributed by atoms with E-state index < -0.39 is 0 Å². The average molecular weight is 369 g/mol. The molecule has 0 rings (SSSR count). The Morgan fingerprint density at radius 1 is 0.577 bits per heavy atom. The standard InChI is InChI=1S/C24H48O2/c1-3-5-7-9-11-12-14-16-18-20-24(26)22-21-23(25)19-17-15-13-10-8-6-4-2/h24,26H,3-22H2,1-2H3/t24-/m0/s1. The van der Waals surface area contributed by atoms with Crippen LogP contribution in [0.4, 0.5) is 0 Å². The van der Waals surface area contributed by atoms with Gasteiger partial charge in [0.15, 0.2) is 0 Å². The van der Waals surface area contributed by atoms with E-state index in [1.807, 2.05) is 0 Å². The number of rotatable bonds is 21. The number of Topliss-reactive ketones (excluding diaryl/α,β-unsaturated/α-hetero) is 1. The molecule has 0 aromatic rings. The van der Waals surface area contributed by atoms with Crippen LogP contribution in [0.15, 0.2) is 0 Å². The minimum absolute atomic E-state index is 0.266. The van der Waals surface area contributed by atoms with Gasteiger partial charge in [-0.3, -0.25) is 4.79 Å². The summed E-state index contributed by atoms with van der Waals surface area (Å²) in [5, 5.41) is 10.0. The Labute approximate surface area is 164 Å². The van der Waals surface area contributed by atoms with Crippen LogP contribution >= 0.6 is 0 Å². The maximum absolute atomic E-state index is 11.9. The minimum Gasteiger partial charge on any atom is -0.393 e. The lowest BCUT2D eigenvalue weighted by Gasteiger charge is -2.10. The highest BCUT2D eigenvalue weighted by molar-refractivity contribution is 5.78. The summed E-state index contributed by atoms with van der Waals surface area (Å²) in [4.78, 5) is 11.9. The van der Waals surface area contributed by atoms with Crippen LogP contribution in [0, 0.1) is 0 Å². The Morgan fingerprint density at radius 2 is 1.00 bits per heavy atom. The molecular weight excluding hydrogens is 320 g/mol. The fraction of sp³-hybridized carbons (Fsp3) is 0.958. The van der Waals surface area contributed by atoms with E-state index in [-0.39, 0.29) is 6.10 Å². The van der Waals surface area contributed by atoms with E-state index in [2.05, 4.69) is 13.8 Å². The summed E-state index contributed by atoms with van der Waals surface area (Å²) in [6, 6.07) is 0. The van der Waals surface area contributed by atoms with Gasteiger partial charge >= 0.3 is 0 Å². The van der Waals surface area contributed by atoms with E-state index in [4.69, 9.17) is 0 Å². The van der Waals surface area contributed by atoms with Crippen molar-refractivity contribution < 1.29 is 9.90 Å². The molecule has 2 nitrogen and oxygen atoms in total. The summed E-state index contributed by atoms with van der Waals surface area (Å²) in [6.45, 7) is 4.50. The molecule has 0 fully saturated rings. The van der Waals surface area contributed by atoms with Crippen LogP contribution in [0.1, 0.15) is 142 Å². The van der Waals surface area contributed by atoms with Crippen LogP contribution in [0.3, 0.4) is 0 Å². The van der Waals surface area contributed by atoms with E-state index in [0.29, 0.717) is 18.6 Å². The van der Waals surface area contributed by atoms with E-state index in [1.54, 1.807) is 0 Å². The number of aliphatic hydroxyl groups is 1. The van der Waals surface area contributed by atoms with Crippen molar-refractivity contribution in [1.82, 2.24) is 0 Å². The Hall–Kier alpha value is -0.370. The van der Waals surface area contributed by atoms with Crippen LogP contribution in [-0.4, -0.2) is 17.0 Å². The maximum Gasteiger partial charge on any atom is 0.133 e. The highest BCUT2D eigenvalue weighted by Gasteiger charge is 2.08. The van der Waals surface area contributed by atoms with Gasteiger partial charge in [-0.25, -0.2) is 0 Å². The van der Waals surface area contributed by atoms with Crippen molar-refractivity contribution in [3.63, 3.8) is 0 Å². The molecule has 0 aromatic carbocycles. The summed E-state index contributed by atoms with van der Waals surface area (Å²) in [7, 11) is 0. The van der Waals surface area contributed by atoms with Crippen LogP contribution in [-0.2, 0) is 4.79 Å². The lowest BCUT2D eigenvalue weighted by Crippen LogP contribution is -2.09. The van der Waals surface area contributed by atoms with Gasteiger partial charge in [-0.2, -0.15) is 0 Å². The molecule has 0 saturated heterocycles. The van der Waals surface area contributed by atoms with Gasteiger partial charge in [0.05, 0.1) is 6.10 Å². The second-order valence-electron chi connectivity index (χ2n) is 8.22. The van der Waals surface area contributed by atoms with Crippen molar-refractivity contribution in [2.45, 2.75) is 148 Å². The summed E-state index contributed by atoms with van der Waals surface area (Å²) in [6.07, 6.45) is 23.2. The normalized spacial score (nSPS) is 12.4. The Kier molecular flexibility index (Phi) is 20.6. The molecule has 0 aliphatic rings. The SMILES string of the molecule is CCCCCCCCCCC[C@H](O)CCC(=O)CCCCCCCCC. The van der Waals surface area contributed by atoms with Gasteiger partial charge in [-0.15, -0.1) is 0 Å². The van der Waals surface area contributed by atoms with Crippen LogP contribution in [0.5, 0.6) is 0 Å². The summed E-state index contributed by atoms with van der Waals surface area (Å²) >= 11 is 0. The highest BCUT2D eigenvalue weighted by atomic mass is 16.3. The zero-order chi connectivity index (χ0) is 19.3. The molecule has 0 aliphatic heterocycles. The molecular formula is C24H48O2. The molecule has 156 valence electrons. The van der Waals surface area contributed by atoms with Crippen molar-refractivity contribution in [3.8, 4) is 0 Å². The predicted molar refractivity (Wildman–Crippen MR) is 115 cm³/mol. The predicted octanol–water partition coefficient (Wildman–Crippen LogP) is 7.76. The van der Waals surface area contributed by atoms with Gasteiger partial charge in [0, 0.05) is 12.8 Å². The first kappa shape index (κ1) is 25.6. The largest absolute Gasteiger partial charge is 0.393 e. The number of hydrogen-bond donors (Lipinski definition) is 1. The number of ketones is 1. The highest BCUT2D eigenvalue weighted by Crippen LogP contribution is 2.14. The van der Waals surface area contributed by atoms with Gasteiger partial charge in [-0.05, 0) is 19.3 Å². The first-order valence-electron chi connectivity index (χ1n) is 11.9. The van der Waals surface area contributed by atoms with Crippen molar-refractivity contribution in [2.75, 3.05) is 0 Å². The smallest absolute Gasteiger partial charge is 0.133 e. The quantitative estimate of drug-likeness (QED) is 0.210. The Bertz CT molecular complexity index is 288. The molecule has 0 aromatic heterocycles. The molecule has 1 atom stereocenters. The molecule has 0 aliphatic carbocycles. The third-order valence-electron chi connectivity index (χ3n) is 5.46. The molecule has 0 heterocycles. The van der Waals surface area contributed by atoms with E-state index in [1.165, 1.54) is 89.9 Å². The summed E-state index contributed by atoms with van der Waals surface area (Å²) in [5.41, 5.74) is 0. The van der Waals surface area contributed by atoms with E-state index in [9.17, 15) is 9.90 Å². The van der Waals surface area contributed by atoms with Crippen molar-refractivity contribution >= 4 is 5.78 Å². The van der Waals surface area contributed by atoms with Gasteiger partial charge in [0.2, 0.25) is 0 Å². The first-order chi connectivity index (χ1) is 12.7. The monoisotopic (exact) mass is 368 g/mol. The van der Waals surface area contributed by atoms with Crippen molar-refractivity contribution in [1.29, 1.82) is 0 Å². The molecule has 0 spiro atoms. The molecule has 0 unspecified atom stereocenters. The first-order valence-corrected chi connectivity index (χ1v) is 11.9. The maximum atomic E-state index is 11.9. The zero-order valence-corrected chi connectivity index (χ0v) is 18.1. The van der Waals surface area contributed by atoms with Gasteiger partial charge in [0.1, 0.15) is 5.78 Å². The number of aliphatic hydroxyl groups excluding tert-OH is 1. The molecule has 26 heavy (non-hydrogen) atoms. The fourth-order valence-electron chi connectivity index (χ4n) is 3.57. The summed E-state index contributed by atoms with van der Waals surface area (Å²) < 4.78 is 0. The number of hydrogen-bond acceptors (Lipinski definition) is 2. The number of unbranched alkanes of at least 4 members (excludes halogenated alkanes) is 14. The van der Waals surface area contributed by atoms with Crippen molar-refractivity contribution in [2.24, 2.45) is 0 Å². The summed E-state index contributed by atoms with van der Waals surface area (Å²) in [5.74, 6) is 0.352. The third-order valence-corrected chi connectivity index (χ3v) is 5.46. The lowest BCUT2D eigenvalue weighted by molar-refractivity contribution is -0.119. The minimum atomic E-state index is -0.266. The number of carbonyl (C=O) groups is 1. The molecule has 0 saturated carbocycles. The lowest BCUT2D eigenvalue weighted by atomic mass is 10.0. The average Bonchev–Trinajstić information content (AvgIpc) is 2.64. The molecule has 0 bridgehead atoms. The topological polar surface area (TPSA) is 37.3 Å². The molecule has 0 amide bonds. The molecule has 2 heteroatoms. The Morgan fingerprint density at radius 3 is 1.50 bits per heavy atom. The van der Waals surface area contributed by atoms with Gasteiger partial charge in [-0.1, -0.05) is 110 Å². The second kappa shape index (κ2) is 20.9. The van der Waals surface area contributed by atoms with Crippen LogP contribution < -0.4 is 0 Å². The van der Waals surface area contributed by atoms with Crippen LogP contribution in [0.25, 0.3) is 0 Å². The van der Waals surface area contributed by atoms with E-state index >= 15 is 0 Å². The molecule has 1 N–H and O–H groups in total. The zero-order valence-electron chi connectivity index (χ0n) is 18.1. The second-order valence-corrected chi connectivity index (χ2v) is 8.22. The van der Waals surface area contributed by atoms with Gasteiger partial charge < -0.3 is 5.11 Å². The fourth-order valence-corrected chi connectivity index (χ4v) is 3.57. The van der Waals surface area contributed by atoms with Crippen molar-refractivity contribution in [3.05, 3.63) is 0 Å². The Balaban J connectivity index is 3.31. The number of carbonyl (C=O) groups excluding carboxylic acids is 1.